The lowest BCUT2D eigenvalue weighted by Gasteiger charge is -2.13. The van der Waals surface area contributed by atoms with Crippen molar-refractivity contribution in [3.8, 4) is 0 Å². The Bertz CT molecular complexity index is 536. The summed E-state index contributed by atoms with van der Waals surface area (Å²) in [6, 6.07) is 7.02. The summed E-state index contributed by atoms with van der Waals surface area (Å²) in [5.74, 6) is 0. The van der Waals surface area contributed by atoms with Gasteiger partial charge in [-0.15, -0.1) is 11.3 Å². The number of benzene rings is 1. The van der Waals surface area contributed by atoms with Crippen molar-refractivity contribution in [2.24, 2.45) is 0 Å². The fourth-order valence-corrected chi connectivity index (χ4v) is 4.95. The number of halogens is 4. The number of thiophene rings is 1. The molecule has 0 aliphatic rings. The summed E-state index contributed by atoms with van der Waals surface area (Å²) in [5, 5.41) is 11.2. The topological polar surface area (TPSA) is 20.2 Å². The first-order valence-corrected chi connectivity index (χ1v) is 7.73. The van der Waals surface area contributed by atoms with E-state index in [4.69, 9.17) is 23.2 Å². The van der Waals surface area contributed by atoms with Crippen LogP contribution in [0, 0.1) is 0 Å². The van der Waals surface area contributed by atoms with Crippen LogP contribution in [0.3, 0.4) is 0 Å². The molecule has 0 radical (unpaired) electrons. The summed E-state index contributed by atoms with van der Waals surface area (Å²) in [6.07, 6.45) is -0.840. The second-order valence-corrected chi connectivity index (χ2v) is 7.88. The van der Waals surface area contributed by atoms with Crippen LogP contribution in [0.25, 0.3) is 0 Å². The third kappa shape index (κ3) is 2.88. The third-order valence-electron chi connectivity index (χ3n) is 2.25. The lowest BCUT2D eigenvalue weighted by Crippen LogP contribution is -2.00. The Morgan fingerprint density at radius 1 is 1.18 bits per heavy atom. The van der Waals surface area contributed by atoms with Crippen LogP contribution < -0.4 is 0 Å². The van der Waals surface area contributed by atoms with Gasteiger partial charge in [0.2, 0.25) is 0 Å². The molecular weight excluding hydrogens is 411 g/mol. The van der Waals surface area contributed by atoms with Crippen LogP contribution >= 0.6 is 66.4 Å². The van der Waals surface area contributed by atoms with Crippen molar-refractivity contribution >= 4 is 66.4 Å². The van der Waals surface area contributed by atoms with E-state index in [1.165, 1.54) is 11.3 Å². The molecule has 0 fully saturated rings. The van der Waals surface area contributed by atoms with Crippen molar-refractivity contribution in [2.45, 2.75) is 6.10 Å². The molecule has 1 unspecified atom stereocenters. The Morgan fingerprint density at radius 3 is 2.24 bits per heavy atom. The van der Waals surface area contributed by atoms with E-state index < -0.39 is 6.10 Å². The summed E-state index contributed by atoms with van der Waals surface area (Å²) < 4.78 is 1.79. The fourth-order valence-electron chi connectivity index (χ4n) is 1.47. The second-order valence-electron chi connectivity index (χ2n) is 3.32. The first-order valence-electron chi connectivity index (χ1n) is 4.57. The molecule has 1 heterocycles. The standard InChI is InChI=1S/C11H6Br2Cl2OS/c12-8-4-5(11(13)17-8)10(16)9-6(14)2-1-3-7(9)15/h1-4,10,16H. The van der Waals surface area contributed by atoms with Crippen molar-refractivity contribution in [1.29, 1.82) is 0 Å². The van der Waals surface area contributed by atoms with Gasteiger partial charge in [-0.25, -0.2) is 0 Å². The maximum absolute atomic E-state index is 10.3. The largest absolute Gasteiger partial charge is 0.383 e. The molecule has 2 aromatic rings. The highest BCUT2D eigenvalue weighted by Crippen LogP contribution is 2.41. The molecule has 90 valence electrons. The third-order valence-corrected chi connectivity index (χ3v) is 5.30. The number of rotatable bonds is 2. The summed E-state index contributed by atoms with van der Waals surface area (Å²) in [7, 11) is 0. The van der Waals surface area contributed by atoms with Gasteiger partial charge in [0.15, 0.2) is 0 Å². The van der Waals surface area contributed by atoms with Gasteiger partial charge >= 0.3 is 0 Å². The molecule has 17 heavy (non-hydrogen) atoms. The average molecular weight is 417 g/mol. The van der Waals surface area contributed by atoms with E-state index in [-0.39, 0.29) is 0 Å². The van der Waals surface area contributed by atoms with E-state index in [0.717, 1.165) is 13.1 Å². The SMILES string of the molecule is OC(c1cc(Br)sc1Br)c1c(Cl)cccc1Cl. The Morgan fingerprint density at radius 2 is 1.76 bits per heavy atom. The zero-order valence-corrected chi connectivity index (χ0v) is 13.8. The van der Waals surface area contributed by atoms with Gasteiger partial charge in [-0.1, -0.05) is 29.3 Å². The van der Waals surface area contributed by atoms with E-state index in [2.05, 4.69) is 31.9 Å². The molecule has 6 heteroatoms. The van der Waals surface area contributed by atoms with Crippen molar-refractivity contribution in [1.82, 2.24) is 0 Å². The highest BCUT2D eigenvalue weighted by Gasteiger charge is 2.21. The van der Waals surface area contributed by atoms with Crippen molar-refractivity contribution in [3.05, 3.63) is 53.0 Å². The van der Waals surface area contributed by atoms with Gasteiger partial charge in [0, 0.05) is 21.2 Å². The molecule has 1 atom stereocenters. The monoisotopic (exact) mass is 414 g/mol. The molecule has 1 aromatic carbocycles. The number of hydrogen-bond acceptors (Lipinski definition) is 2. The lowest BCUT2D eigenvalue weighted by molar-refractivity contribution is 0.220. The number of hydrogen-bond donors (Lipinski definition) is 1. The Balaban J connectivity index is 2.51. The highest BCUT2D eigenvalue weighted by molar-refractivity contribution is 9.12. The summed E-state index contributed by atoms with van der Waals surface area (Å²) in [5.41, 5.74) is 1.28. The molecule has 0 bridgehead atoms. The molecule has 0 aliphatic heterocycles. The Kier molecular flexibility index (Phi) is 4.55. The smallest absolute Gasteiger partial charge is 0.109 e. The van der Waals surface area contributed by atoms with Crippen LogP contribution in [0.1, 0.15) is 17.2 Å². The molecule has 1 nitrogen and oxygen atoms in total. The quantitative estimate of drug-likeness (QED) is 0.669. The van der Waals surface area contributed by atoms with Gasteiger partial charge in [0.25, 0.3) is 0 Å². The Hall–Kier alpha value is 0.420. The molecule has 0 amide bonds. The van der Waals surface area contributed by atoms with Crippen LogP contribution in [0.4, 0.5) is 0 Å². The van der Waals surface area contributed by atoms with E-state index in [9.17, 15) is 5.11 Å². The second kappa shape index (κ2) is 5.59. The molecule has 1 N–H and O–H groups in total. The van der Waals surface area contributed by atoms with Gasteiger partial charge in [-0.3, -0.25) is 0 Å². The minimum absolute atomic E-state index is 0.458. The van der Waals surface area contributed by atoms with Gasteiger partial charge in [-0.05, 0) is 50.1 Å². The predicted molar refractivity (Wildman–Crippen MR) is 80.2 cm³/mol. The molecule has 2 rings (SSSR count). The van der Waals surface area contributed by atoms with E-state index in [1.807, 2.05) is 6.07 Å². The summed E-state index contributed by atoms with van der Waals surface area (Å²) in [6.45, 7) is 0. The van der Waals surface area contributed by atoms with Gasteiger partial charge in [0.1, 0.15) is 6.10 Å². The van der Waals surface area contributed by atoms with Crippen LogP contribution in [0.5, 0.6) is 0 Å². The van der Waals surface area contributed by atoms with Crippen LogP contribution in [0.15, 0.2) is 31.8 Å². The normalized spacial score (nSPS) is 12.8. The average Bonchev–Trinajstić information content (AvgIpc) is 2.57. The highest BCUT2D eigenvalue weighted by atomic mass is 79.9. The van der Waals surface area contributed by atoms with Gasteiger partial charge < -0.3 is 5.11 Å². The number of aliphatic hydroxyl groups is 1. The molecule has 0 saturated carbocycles. The van der Waals surface area contributed by atoms with Crippen molar-refractivity contribution < 1.29 is 5.11 Å². The first-order chi connectivity index (χ1) is 8.00. The number of aliphatic hydroxyl groups excluding tert-OH is 1. The Labute approximate surface area is 130 Å². The maximum Gasteiger partial charge on any atom is 0.109 e. The van der Waals surface area contributed by atoms with Gasteiger partial charge in [-0.2, -0.15) is 0 Å². The van der Waals surface area contributed by atoms with Crippen molar-refractivity contribution in [3.63, 3.8) is 0 Å². The molecule has 0 spiro atoms. The van der Waals surface area contributed by atoms with Crippen LogP contribution in [-0.2, 0) is 0 Å². The van der Waals surface area contributed by atoms with Crippen LogP contribution in [-0.4, -0.2) is 5.11 Å². The minimum Gasteiger partial charge on any atom is -0.383 e. The van der Waals surface area contributed by atoms with Crippen molar-refractivity contribution in [2.75, 3.05) is 0 Å². The van der Waals surface area contributed by atoms with E-state index >= 15 is 0 Å². The first kappa shape index (κ1) is 13.8. The van der Waals surface area contributed by atoms with E-state index in [1.54, 1.807) is 18.2 Å². The lowest BCUT2D eigenvalue weighted by atomic mass is 10.0. The minimum atomic E-state index is -0.840. The molecule has 0 aliphatic carbocycles. The fraction of sp³-hybridized carbons (Fsp3) is 0.0909. The maximum atomic E-state index is 10.3. The zero-order chi connectivity index (χ0) is 12.6. The molecular formula is C11H6Br2Cl2OS. The van der Waals surface area contributed by atoms with Gasteiger partial charge in [0.05, 0.1) is 7.57 Å². The predicted octanol–water partition coefficient (Wildman–Crippen LogP) is 5.66. The summed E-state index contributed by atoms with van der Waals surface area (Å²) >= 11 is 20.4. The molecule has 0 saturated heterocycles. The van der Waals surface area contributed by atoms with E-state index in [0.29, 0.717) is 15.6 Å². The summed E-state index contributed by atoms with van der Waals surface area (Å²) in [4.78, 5) is 0. The zero-order valence-electron chi connectivity index (χ0n) is 8.25. The van der Waals surface area contributed by atoms with Crippen LogP contribution in [0.2, 0.25) is 10.0 Å². The molecule has 1 aromatic heterocycles.